The lowest BCUT2D eigenvalue weighted by Gasteiger charge is -2.22. The van der Waals surface area contributed by atoms with Crippen molar-refractivity contribution in [2.24, 2.45) is 0 Å². The van der Waals surface area contributed by atoms with Crippen molar-refractivity contribution >= 4 is 28.6 Å². The van der Waals surface area contributed by atoms with Gasteiger partial charge in [-0.15, -0.1) is 11.3 Å². The number of benzene rings is 2. The lowest BCUT2D eigenvalue weighted by molar-refractivity contribution is 0.100. The van der Waals surface area contributed by atoms with Crippen LogP contribution in [0.3, 0.4) is 0 Å². The molecule has 0 saturated carbocycles. The number of carbonyl (C=O) groups is 1. The van der Waals surface area contributed by atoms with Crippen LogP contribution in [0.4, 0.5) is 11.4 Å². The Morgan fingerprint density at radius 3 is 1.75 bits per heavy atom. The van der Waals surface area contributed by atoms with Crippen LogP contribution in [0.1, 0.15) is 9.67 Å². The Labute approximate surface area is 121 Å². The molecule has 3 aromatic rings. The van der Waals surface area contributed by atoms with E-state index in [9.17, 15) is 4.79 Å². The number of amides is 1. The molecule has 0 spiro atoms. The van der Waals surface area contributed by atoms with Gasteiger partial charge in [-0.05, 0) is 35.7 Å². The molecule has 0 aliphatic heterocycles. The van der Waals surface area contributed by atoms with Crippen LogP contribution < -0.4 is 4.90 Å². The summed E-state index contributed by atoms with van der Waals surface area (Å²) in [5.41, 5.74) is 1.74. The van der Waals surface area contributed by atoms with Gasteiger partial charge in [0, 0.05) is 11.4 Å². The van der Waals surface area contributed by atoms with Gasteiger partial charge in [0.25, 0.3) is 5.91 Å². The summed E-state index contributed by atoms with van der Waals surface area (Å²) in [6, 6.07) is 23.2. The van der Waals surface area contributed by atoms with E-state index in [0.717, 1.165) is 16.3 Å². The minimum absolute atomic E-state index is 0.00241. The predicted octanol–water partition coefficient (Wildman–Crippen LogP) is 4.73. The Kier molecular flexibility index (Phi) is 3.61. The van der Waals surface area contributed by atoms with Crippen LogP contribution in [0.15, 0.2) is 78.2 Å². The molecule has 20 heavy (non-hydrogen) atoms. The van der Waals surface area contributed by atoms with E-state index in [1.54, 1.807) is 4.90 Å². The molecule has 0 fully saturated rings. The van der Waals surface area contributed by atoms with Gasteiger partial charge in [0.2, 0.25) is 0 Å². The van der Waals surface area contributed by atoms with Crippen molar-refractivity contribution in [1.29, 1.82) is 0 Å². The highest BCUT2D eigenvalue weighted by Gasteiger charge is 2.19. The number of para-hydroxylation sites is 2. The number of hydrogen-bond acceptors (Lipinski definition) is 2. The van der Waals surface area contributed by atoms with E-state index < -0.39 is 0 Å². The first kappa shape index (κ1) is 12.6. The first-order valence-corrected chi connectivity index (χ1v) is 7.22. The van der Waals surface area contributed by atoms with Gasteiger partial charge in [-0.25, -0.2) is 0 Å². The molecular formula is C17H13NOS. The molecule has 2 nitrogen and oxygen atoms in total. The highest BCUT2D eigenvalue weighted by molar-refractivity contribution is 7.12. The van der Waals surface area contributed by atoms with Crippen molar-refractivity contribution in [3.8, 4) is 0 Å². The van der Waals surface area contributed by atoms with Gasteiger partial charge in [0.1, 0.15) is 0 Å². The van der Waals surface area contributed by atoms with Crippen LogP contribution >= 0.6 is 11.3 Å². The largest absolute Gasteiger partial charge is 0.276 e. The molecule has 0 aliphatic rings. The maximum absolute atomic E-state index is 12.7. The lowest BCUT2D eigenvalue weighted by atomic mass is 10.2. The summed E-state index contributed by atoms with van der Waals surface area (Å²) in [5, 5.41) is 1.92. The Balaban J connectivity index is 2.07. The molecule has 0 radical (unpaired) electrons. The van der Waals surface area contributed by atoms with Gasteiger partial charge in [0.15, 0.2) is 0 Å². The Morgan fingerprint density at radius 1 is 0.750 bits per heavy atom. The third-order valence-electron chi connectivity index (χ3n) is 2.96. The maximum atomic E-state index is 12.7. The molecular weight excluding hydrogens is 266 g/mol. The van der Waals surface area contributed by atoms with Crippen molar-refractivity contribution in [3.63, 3.8) is 0 Å². The van der Waals surface area contributed by atoms with Crippen LogP contribution in [0, 0.1) is 0 Å². The van der Waals surface area contributed by atoms with Crippen molar-refractivity contribution in [1.82, 2.24) is 0 Å². The van der Waals surface area contributed by atoms with E-state index in [0.29, 0.717) is 0 Å². The first-order chi connectivity index (χ1) is 9.86. The number of thiophene rings is 1. The van der Waals surface area contributed by atoms with Crippen LogP contribution in [-0.2, 0) is 0 Å². The van der Waals surface area contributed by atoms with Crippen LogP contribution in [0.25, 0.3) is 0 Å². The zero-order chi connectivity index (χ0) is 13.8. The molecule has 3 heteroatoms. The van der Waals surface area contributed by atoms with E-state index in [1.807, 2.05) is 78.2 Å². The second kappa shape index (κ2) is 5.72. The summed E-state index contributed by atoms with van der Waals surface area (Å²) >= 11 is 1.46. The quantitative estimate of drug-likeness (QED) is 0.679. The minimum Gasteiger partial charge on any atom is -0.276 e. The van der Waals surface area contributed by atoms with E-state index >= 15 is 0 Å². The molecule has 0 unspecified atom stereocenters. The molecule has 1 heterocycles. The zero-order valence-corrected chi connectivity index (χ0v) is 11.6. The van der Waals surface area contributed by atoms with Gasteiger partial charge in [0.05, 0.1) is 4.88 Å². The fraction of sp³-hybridized carbons (Fsp3) is 0. The fourth-order valence-corrected chi connectivity index (χ4v) is 2.70. The number of hydrogen-bond donors (Lipinski definition) is 0. The monoisotopic (exact) mass is 279 g/mol. The van der Waals surface area contributed by atoms with Crippen molar-refractivity contribution in [3.05, 3.63) is 83.1 Å². The average Bonchev–Trinajstić information content (AvgIpc) is 3.04. The van der Waals surface area contributed by atoms with Crippen LogP contribution in [-0.4, -0.2) is 5.91 Å². The third kappa shape index (κ3) is 2.49. The molecule has 98 valence electrons. The molecule has 2 aromatic carbocycles. The van der Waals surface area contributed by atoms with E-state index in [4.69, 9.17) is 0 Å². The third-order valence-corrected chi connectivity index (χ3v) is 3.82. The summed E-state index contributed by atoms with van der Waals surface area (Å²) in [6.07, 6.45) is 0. The van der Waals surface area contributed by atoms with Crippen LogP contribution in [0.5, 0.6) is 0 Å². The summed E-state index contributed by atoms with van der Waals surface area (Å²) in [5.74, 6) is -0.00241. The molecule has 0 bridgehead atoms. The van der Waals surface area contributed by atoms with E-state index in [-0.39, 0.29) is 5.91 Å². The van der Waals surface area contributed by atoms with Crippen molar-refractivity contribution in [2.75, 3.05) is 4.90 Å². The second-order valence-electron chi connectivity index (χ2n) is 4.29. The highest BCUT2D eigenvalue weighted by atomic mass is 32.1. The number of anilines is 2. The number of rotatable bonds is 3. The minimum atomic E-state index is -0.00241. The highest BCUT2D eigenvalue weighted by Crippen LogP contribution is 2.28. The van der Waals surface area contributed by atoms with Crippen molar-refractivity contribution in [2.45, 2.75) is 0 Å². The number of nitrogens with zero attached hydrogens (tertiary/aromatic N) is 1. The first-order valence-electron chi connectivity index (χ1n) is 6.34. The number of carbonyl (C=O) groups excluding carboxylic acids is 1. The predicted molar refractivity (Wildman–Crippen MR) is 83.7 cm³/mol. The van der Waals surface area contributed by atoms with Crippen molar-refractivity contribution < 1.29 is 4.79 Å². The molecule has 0 N–H and O–H groups in total. The molecule has 1 aromatic heterocycles. The summed E-state index contributed by atoms with van der Waals surface area (Å²) in [7, 11) is 0. The lowest BCUT2D eigenvalue weighted by Crippen LogP contribution is -2.24. The topological polar surface area (TPSA) is 20.3 Å². The summed E-state index contributed by atoms with van der Waals surface area (Å²) in [4.78, 5) is 15.2. The summed E-state index contributed by atoms with van der Waals surface area (Å²) < 4.78 is 0. The van der Waals surface area contributed by atoms with Gasteiger partial charge in [-0.1, -0.05) is 42.5 Å². The average molecular weight is 279 g/mol. The molecule has 0 saturated heterocycles. The van der Waals surface area contributed by atoms with E-state index in [2.05, 4.69) is 0 Å². The van der Waals surface area contributed by atoms with Gasteiger partial charge in [-0.3, -0.25) is 9.69 Å². The smallest absolute Gasteiger partial charge is 0.272 e. The Hall–Kier alpha value is -2.39. The SMILES string of the molecule is O=C(c1cccs1)N(c1ccccc1)c1ccccc1. The second-order valence-corrected chi connectivity index (χ2v) is 5.24. The standard InChI is InChI=1S/C17H13NOS/c19-17(16-12-7-13-20-16)18(14-8-3-1-4-9-14)15-10-5-2-6-11-15/h1-13H. The molecule has 0 atom stereocenters. The van der Waals surface area contributed by atoms with Gasteiger partial charge < -0.3 is 0 Å². The van der Waals surface area contributed by atoms with Gasteiger partial charge >= 0.3 is 0 Å². The Morgan fingerprint density at radius 2 is 1.30 bits per heavy atom. The normalized spacial score (nSPS) is 10.2. The molecule has 3 rings (SSSR count). The fourth-order valence-electron chi connectivity index (χ4n) is 2.05. The van der Waals surface area contributed by atoms with Crippen LogP contribution in [0.2, 0.25) is 0 Å². The van der Waals surface area contributed by atoms with E-state index in [1.165, 1.54) is 11.3 Å². The molecule has 0 aliphatic carbocycles. The summed E-state index contributed by atoms with van der Waals surface area (Å²) in [6.45, 7) is 0. The van der Waals surface area contributed by atoms with Gasteiger partial charge in [-0.2, -0.15) is 0 Å². The zero-order valence-electron chi connectivity index (χ0n) is 10.8. The molecule has 1 amide bonds. The maximum Gasteiger partial charge on any atom is 0.272 e. The Bertz CT molecular complexity index is 638.